The van der Waals surface area contributed by atoms with Gasteiger partial charge in [-0.2, -0.15) is 4.98 Å². The molecular weight excluding hydrogens is 226 g/mol. The van der Waals surface area contributed by atoms with E-state index in [4.69, 9.17) is 5.73 Å². The van der Waals surface area contributed by atoms with Gasteiger partial charge in [0.15, 0.2) is 0 Å². The molecule has 2 aliphatic rings. The fourth-order valence-electron chi connectivity index (χ4n) is 2.56. The van der Waals surface area contributed by atoms with E-state index in [2.05, 4.69) is 27.0 Å². The van der Waals surface area contributed by atoms with Crippen molar-refractivity contribution in [2.45, 2.75) is 39.0 Å². The van der Waals surface area contributed by atoms with Crippen molar-refractivity contribution in [1.82, 2.24) is 15.2 Å². The Bertz CT molecular complexity index is 401. The van der Waals surface area contributed by atoms with Crippen molar-refractivity contribution in [3.05, 3.63) is 5.82 Å². The van der Waals surface area contributed by atoms with E-state index in [9.17, 15) is 0 Å². The molecule has 1 aromatic rings. The third-order valence-corrected chi connectivity index (χ3v) is 4.45. The maximum absolute atomic E-state index is 5.83. The Labute approximate surface area is 108 Å². The highest BCUT2D eigenvalue weighted by Gasteiger charge is 2.30. The number of hydrogen-bond acceptors (Lipinski definition) is 4. The average Bonchev–Trinajstić information content (AvgIpc) is 3.07. The summed E-state index contributed by atoms with van der Waals surface area (Å²) in [5, 5.41) is 7.43. The van der Waals surface area contributed by atoms with Gasteiger partial charge >= 0.3 is 0 Å². The molecular formula is C13H23N5. The monoisotopic (exact) mass is 249 g/mol. The van der Waals surface area contributed by atoms with Crippen molar-refractivity contribution in [2.24, 2.45) is 17.1 Å². The third-order valence-electron chi connectivity index (χ3n) is 4.45. The molecule has 1 saturated heterocycles. The molecule has 5 nitrogen and oxygen atoms in total. The quantitative estimate of drug-likeness (QED) is 0.844. The van der Waals surface area contributed by atoms with E-state index in [0.717, 1.165) is 56.6 Å². The van der Waals surface area contributed by atoms with Crippen LogP contribution in [-0.2, 0) is 6.42 Å². The molecule has 0 atom stereocenters. The number of hydrogen-bond donors (Lipinski definition) is 2. The maximum atomic E-state index is 5.83. The van der Waals surface area contributed by atoms with Crippen molar-refractivity contribution >= 4 is 5.95 Å². The second kappa shape index (κ2) is 4.53. The highest BCUT2D eigenvalue weighted by atomic mass is 15.4. The number of aromatic amines is 1. The van der Waals surface area contributed by atoms with Gasteiger partial charge in [-0.15, -0.1) is 5.10 Å². The summed E-state index contributed by atoms with van der Waals surface area (Å²) in [5.74, 6) is 2.79. The van der Waals surface area contributed by atoms with Crippen LogP contribution in [0, 0.1) is 11.3 Å². The van der Waals surface area contributed by atoms with Crippen molar-refractivity contribution in [3.8, 4) is 0 Å². The van der Waals surface area contributed by atoms with E-state index in [1.165, 1.54) is 12.8 Å². The van der Waals surface area contributed by atoms with Gasteiger partial charge in [0, 0.05) is 19.5 Å². The standard InChI is InChI=1S/C13H23N5/c1-13(9-14)4-6-18(7-5-13)12-15-11(16-17-12)8-10-2-3-10/h10H,2-9,14H2,1H3,(H,15,16,17). The summed E-state index contributed by atoms with van der Waals surface area (Å²) in [4.78, 5) is 6.90. The Hall–Kier alpha value is -1.10. The molecule has 3 rings (SSSR count). The fraction of sp³-hybridized carbons (Fsp3) is 0.846. The van der Waals surface area contributed by atoms with Crippen LogP contribution in [0.3, 0.4) is 0 Å². The lowest BCUT2D eigenvalue weighted by molar-refractivity contribution is 0.257. The van der Waals surface area contributed by atoms with Gasteiger partial charge in [-0.1, -0.05) is 6.92 Å². The van der Waals surface area contributed by atoms with Crippen LogP contribution < -0.4 is 10.6 Å². The first-order valence-corrected chi connectivity index (χ1v) is 7.05. The number of H-pyrrole nitrogens is 1. The minimum Gasteiger partial charge on any atom is -0.340 e. The number of nitrogens with two attached hydrogens (primary N) is 1. The van der Waals surface area contributed by atoms with Gasteiger partial charge in [-0.3, -0.25) is 5.10 Å². The smallest absolute Gasteiger partial charge is 0.244 e. The zero-order chi connectivity index (χ0) is 12.6. The molecule has 1 aliphatic carbocycles. The van der Waals surface area contributed by atoms with Gasteiger partial charge in [0.1, 0.15) is 5.82 Å². The zero-order valence-electron chi connectivity index (χ0n) is 11.2. The molecule has 100 valence electrons. The molecule has 3 N–H and O–H groups in total. The molecule has 1 aromatic heterocycles. The van der Waals surface area contributed by atoms with Crippen LogP contribution in [0.4, 0.5) is 5.95 Å². The summed E-state index contributed by atoms with van der Waals surface area (Å²) in [6.45, 7) is 5.10. The molecule has 0 radical (unpaired) electrons. The van der Waals surface area contributed by atoms with Crippen molar-refractivity contribution in [1.29, 1.82) is 0 Å². The van der Waals surface area contributed by atoms with Gasteiger partial charge in [0.25, 0.3) is 0 Å². The van der Waals surface area contributed by atoms with E-state index >= 15 is 0 Å². The van der Waals surface area contributed by atoms with Crippen LogP contribution in [0.2, 0.25) is 0 Å². The normalized spacial score (nSPS) is 23.3. The number of nitrogens with one attached hydrogen (secondary N) is 1. The molecule has 0 aromatic carbocycles. The second-order valence-electron chi connectivity index (χ2n) is 6.23. The Morgan fingerprint density at radius 2 is 2.11 bits per heavy atom. The number of aromatic nitrogens is 3. The van der Waals surface area contributed by atoms with Gasteiger partial charge < -0.3 is 10.6 Å². The summed E-state index contributed by atoms with van der Waals surface area (Å²) in [5.41, 5.74) is 6.14. The van der Waals surface area contributed by atoms with E-state index in [1.54, 1.807) is 0 Å². The topological polar surface area (TPSA) is 70.8 Å². The summed E-state index contributed by atoms with van der Waals surface area (Å²) < 4.78 is 0. The summed E-state index contributed by atoms with van der Waals surface area (Å²) in [6.07, 6.45) is 6.05. The first-order chi connectivity index (χ1) is 8.68. The van der Waals surface area contributed by atoms with Crippen LogP contribution in [0.25, 0.3) is 0 Å². The lowest BCUT2D eigenvalue weighted by atomic mass is 9.81. The molecule has 2 heterocycles. The van der Waals surface area contributed by atoms with Crippen molar-refractivity contribution in [3.63, 3.8) is 0 Å². The van der Waals surface area contributed by atoms with Gasteiger partial charge in [0.2, 0.25) is 5.95 Å². The molecule has 5 heteroatoms. The number of piperidine rings is 1. The number of anilines is 1. The number of rotatable bonds is 4. The Balaban J connectivity index is 1.59. The largest absolute Gasteiger partial charge is 0.340 e. The van der Waals surface area contributed by atoms with E-state index in [-0.39, 0.29) is 0 Å². The molecule has 1 saturated carbocycles. The van der Waals surface area contributed by atoms with Gasteiger partial charge in [-0.25, -0.2) is 0 Å². The Kier molecular flexibility index (Phi) is 3.01. The fourth-order valence-corrected chi connectivity index (χ4v) is 2.56. The second-order valence-corrected chi connectivity index (χ2v) is 6.23. The Morgan fingerprint density at radius 1 is 1.39 bits per heavy atom. The van der Waals surface area contributed by atoms with Crippen LogP contribution >= 0.6 is 0 Å². The SMILES string of the molecule is CC1(CN)CCN(c2n[nH]c(CC3CC3)n2)CC1. The molecule has 0 bridgehead atoms. The van der Waals surface area contributed by atoms with Crippen LogP contribution in [0.1, 0.15) is 38.4 Å². The molecule has 0 unspecified atom stereocenters. The zero-order valence-corrected chi connectivity index (χ0v) is 11.2. The van der Waals surface area contributed by atoms with Crippen LogP contribution in [0.5, 0.6) is 0 Å². The Morgan fingerprint density at radius 3 is 2.72 bits per heavy atom. The average molecular weight is 249 g/mol. The van der Waals surface area contributed by atoms with E-state index < -0.39 is 0 Å². The summed E-state index contributed by atoms with van der Waals surface area (Å²) in [6, 6.07) is 0. The molecule has 1 aliphatic heterocycles. The first kappa shape index (κ1) is 12.0. The first-order valence-electron chi connectivity index (χ1n) is 7.05. The molecule has 2 fully saturated rings. The van der Waals surface area contributed by atoms with E-state index in [0.29, 0.717) is 5.41 Å². The number of nitrogens with zero attached hydrogens (tertiary/aromatic N) is 3. The van der Waals surface area contributed by atoms with Gasteiger partial charge in [0.05, 0.1) is 0 Å². The highest BCUT2D eigenvalue weighted by molar-refractivity contribution is 5.29. The summed E-state index contributed by atoms with van der Waals surface area (Å²) >= 11 is 0. The lowest BCUT2D eigenvalue weighted by Crippen LogP contribution is -2.42. The molecule has 0 spiro atoms. The minimum atomic E-state index is 0.309. The minimum absolute atomic E-state index is 0.309. The van der Waals surface area contributed by atoms with E-state index in [1.807, 2.05) is 0 Å². The highest BCUT2D eigenvalue weighted by Crippen LogP contribution is 2.33. The molecule has 18 heavy (non-hydrogen) atoms. The van der Waals surface area contributed by atoms with Crippen molar-refractivity contribution < 1.29 is 0 Å². The predicted molar refractivity (Wildman–Crippen MR) is 71.4 cm³/mol. The van der Waals surface area contributed by atoms with Crippen molar-refractivity contribution in [2.75, 3.05) is 24.5 Å². The lowest BCUT2D eigenvalue weighted by Gasteiger charge is -2.38. The maximum Gasteiger partial charge on any atom is 0.244 e. The van der Waals surface area contributed by atoms with Gasteiger partial charge in [-0.05, 0) is 43.6 Å². The molecule has 0 amide bonds. The summed E-state index contributed by atoms with van der Waals surface area (Å²) in [7, 11) is 0. The van der Waals surface area contributed by atoms with Crippen LogP contribution in [-0.4, -0.2) is 34.8 Å². The third kappa shape index (κ3) is 2.51. The van der Waals surface area contributed by atoms with Crippen LogP contribution in [0.15, 0.2) is 0 Å². The predicted octanol–water partition coefficient (Wildman–Crippen LogP) is 1.32.